The predicted octanol–water partition coefficient (Wildman–Crippen LogP) is 3.44. The number of nitrogens with one attached hydrogen (secondary N) is 2. The summed E-state index contributed by atoms with van der Waals surface area (Å²) in [6, 6.07) is 10.3. The third-order valence-electron chi connectivity index (χ3n) is 4.64. The maximum atomic E-state index is 12.0. The van der Waals surface area contributed by atoms with Crippen LogP contribution in [0.15, 0.2) is 30.3 Å². The summed E-state index contributed by atoms with van der Waals surface area (Å²) in [7, 11) is 0. The van der Waals surface area contributed by atoms with E-state index in [2.05, 4.69) is 33.4 Å². The third kappa shape index (κ3) is 4.83. The SMILES string of the molecule is O=C(CCCN1CCCCCC1)NCc1cc2ccccc2[nH]1. The molecule has 1 fully saturated rings. The van der Waals surface area contributed by atoms with Gasteiger partial charge in [0.05, 0.1) is 6.54 Å². The van der Waals surface area contributed by atoms with E-state index in [1.807, 2.05) is 12.1 Å². The molecule has 2 N–H and O–H groups in total. The highest BCUT2D eigenvalue weighted by Gasteiger charge is 2.09. The molecular formula is C19H27N3O. The van der Waals surface area contributed by atoms with E-state index in [4.69, 9.17) is 0 Å². The van der Waals surface area contributed by atoms with Gasteiger partial charge in [-0.15, -0.1) is 0 Å². The van der Waals surface area contributed by atoms with Gasteiger partial charge in [0.25, 0.3) is 0 Å². The van der Waals surface area contributed by atoms with Crippen LogP contribution in [0.25, 0.3) is 10.9 Å². The molecule has 0 atom stereocenters. The molecule has 1 amide bonds. The Morgan fingerprint density at radius 2 is 1.91 bits per heavy atom. The van der Waals surface area contributed by atoms with E-state index in [0.29, 0.717) is 13.0 Å². The number of likely N-dealkylation sites (tertiary alicyclic amines) is 1. The number of para-hydroxylation sites is 1. The Balaban J connectivity index is 1.37. The smallest absolute Gasteiger partial charge is 0.220 e. The molecule has 4 nitrogen and oxygen atoms in total. The zero-order valence-electron chi connectivity index (χ0n) is 13.8. The fraction of sp³-hybridized carbons (Fsp3) is 0.526. The lowest BCUT2D eigenvalue weighted by atomic mass is 10.2. The fourth-order valence-corrected chi connectivity index (χ4v) is 3.33. The quantitative estimate of drug-likeness (QED) is 0.858. The number of fused-ring (bicyclic) bond motifs is 1. The number of hydrogen-bond donors (Lipinski definition) is 2. The Morgan fingerprint density at radius 3 is 2.70 bits per heavy atom. The number of carbonyl (C=O) groups excluding carboxylic acids is 1. The first-order valence-electron chi connectivity index (χ1n) is 8.87. The molecule has 2 heterocycles. The van der Waals surface area contributed by atoms with E-state index < -0.39 is 0 Å². The zero-order chi connectivity index (χ0) is 15.9. The Bertz CT molecular complexity index is 593. The number of hydrogen-bond acceptors (Lipinski definition) is 2. The van der Waals surface area contributed by atoms with Gasteiger partial charge in [-0.05, 0) is 56.4 Å². The molecule has 0 aliphatic carbocycles. The highest BCUT2D eigenvalue weighted by molar-refractivity contribution is 5.80. The van der Waals surface area contributed by atoms with Crippen molar-refractivity contribution in [2.45, 2.75) is 45.1 Å². The second-order valence-electron chi connectivity index (χ2n) is 6.52. The Hall–Kier alpha value is -1.81. The van der Waals surface area contributed by atoms with Gasteiger partial charge in [-0.2, -0.15) is 0 Å². The molecule has 0 saturated carbocycles. The van der Waals surface area contributed by atoms with Crippen molar-refractivity contribution in [3.05, 3.63) is 36.0 Å². The van der Waals surface area contributed by atoms with Gasteiger partial charge in [-0.3, -0.25) is 4.79 Å². The van der Waals surface area contributed by atoms with Crippen molar-refractivity contribution in [2.75, 3.05) is 19.6 Å². The van der Waals surface area contributed by atoms with Gasteiger partial charge in [0.15, 0.2) is 0 Å². The van der Waals surface area contributed by atoms with Gasteiger partial charge >= 0.3 is 0 Å². The van der Waals surface area contributed by atoms with Crippen molar-refractivity contribution >= 4 is 16.8 Å². The molecule has 0 radical (unpaired) electrons. The summed E-state index contributed by atoms with van der Waals surface area (Å²) in [5.74, 6) is 0.151. The van der Waals surface area contributed by atoms with Gasteiger partial charge in [-0.25, -0.2) is 0 Å². The summed E-state index contributed by atoms with van der Waals surface area (Å²) in [6.07, 6.45) is 6.93. The number of rotatable bonds is 6. The van der Waals surface area contributed by atoms with Crippen LogP contribution in [0.1, 0.15) is 44.2 Å². The first kappa shape index (κ1) is 16.1. The van der Waals surface area contributed by atoms with Gasteiger partial charge in [0.2, 0.25) is 5.91 Å². The number of amides is 1. The van der Waals surface area contributed by atoms with Gasteiger partial charge in [-0.1, -0.05) is 31.0 Å². The largest absolute Gasteiger partial charge is 0.357 e. The minimum absolute atomic E-state index is 0.151. The van der Waals surface area contributed by atoms with Crippen LogP contribution in [0.5, 0.6) is 0 Å². The Labute approximate surface area is 138 Å². The second-order valence-corrected chi connectivity index (χ2v) is 6.52. The first-order chi connectivity index (χ1) is 11.3. The van der Waals surface area contributed by atoms with Crippen LogP contribution < -0.4 is 5.32 Å². The average Bonchev–Trinajstić information content (AvgIpc) is 2.80. The molecule has 1 aromatic heterocycles. The van der Waals surface area contributed by atoms with Crippen LogP contribution in [0, 0.1) is 0 Å². The minimum atomic E-state index is 0.151. The minimum Gasteiger partial charge on any atom is -0.357 e. The summed E-state index contributed by atoms with van der Waals surface area (Å²) in [4.78, 5) is 17.9. The van der Waals surface area contributed by atoms with Crippen molar-refractivity contribution < 1.29 is 4.79 Å². The van der Waals surface area contributed by atoms with Gasteiger partial charge in [0, 0.05) is 17.6 Å². The standard InChI is InChI=1S/C19H27N3O/c23-19(10-7-13-22-11-5-1-2-6-12-22)20-15-17-14-16-8-3-4-9-18(16)21-17/h3-4,8-9,14,21H,1-2,5-7,10-13,15H2,(H,20,23). The fourth-order valence-electron chi connectivity index (χ4n) is 3.33. The van der Waals surface area contributed by atoms with E-state index in [9.17, 15) is 4.79 Å². The summed E-state index contributed by atoms with van der Waals surface area (Å²) in [5, 5.41) is 4.21. The number of H-pyrrole nitrogens is 1. The van der Waals surface area contributed by atoms with E-state index in [1.54, 1.807) is 0 Å². The van der Waals surface area contributed by atoms with E-state index in [0.717, 1.165) is 24.2 Å². The average molecular weight is 313 g/mol. The molecule has 1 saturated heterocycles. The van der Waals surface area contributed by atoms with Crippen LogP contribution >= 0.6 is 0 Å². The van der Waals surface area contributed by atoms with E-state index >= 15 is 0 Å². The molecule has 4 heteroatoms. The van der Waals surface area contributed by atoms with Crippen LogP contribution in [-0.4, -0.2) is 35.4 Å². The molecule has 124 valence electrons. The molecule has 23 heavy (non-hydrogen) atoms. The zero-order valence-corrected chi connectivity index (χ0v) is 13.8. The maximum Gasteiger partial charge on any atom is 0.220 e. The van der Waals surface area contributed by atoms with Gasteiger partial charge in [0.1, 0.15) is 0 Å². The van der Waals surface area contributed by atoms with Crippen molar-refractivity contribution in [3.63, 3.8) is 0 Å². The first-order valence-corrected chi connectivity index (χ1v) is 8.87. The number of aromatic nitrogens is 1. The summed E-state index contributed by atoms with van der Waals surface area (Å²) >= 11 is 0. The topological polar surface area (TPSA) is 48.1 Å². The summed E-state index contributed by atoms with van der Waals surface area (Å²) < 4.78 is 0. The number of benzene rings is 1. The molecule has 0 spiro atoms. The number of nitrogens with zero attached hydrogens (tertiary/aromatic N) is 1. The monoisotopic (exact) mass is 313 g/mol. The third-order valence-corrected chi connectivity index (χ3v) is 4.64. The molecule has 0 bridgehead atoms. The highest BCUT2D eigenvalue weighted by atomic mass is 16.1. The Kier molecular flexibility index (Phi) is 5.70. The number of carbonyl (C=O) groups is 1. The van der Waals surface area contributed by atoms with E-state index in [-0.39, 0.29) is 5.91 Å². The van der Waals surface area contributed by atoms with Crippen molar-refractivity contribution in [3.8, 4) is 0 Å². The lowest BCUT2D eigenvalue weighted by molar-refractivity contribution is -0.121. The lowest BCUT2D eigenvalue weighted by Gasteiger charge is -2.19. The molecule has 1 aliphatic heterocycles. The molecule has 2 aromatic rings. The highest BCUT2D eigenvalue weighted by Crippen LogP contribution is 2.14. The van der Waals surface area contributed by atoms with Crippen molar-refractivity contribution in [1.29, 1.82) is 0 Å². The summed E-state index contributed by atoms with van der Waals surface area (Å²) in [6.45, 7) is 4.05. The lowest BCUT2D eigenvalue weighted by Crippen LogP contribution is -2.28. The van der Waals surface area contributed by atoms with Gasteiger partial charge < -0.3 is 15.2 Å². The molecule has 1 aliphatic rings. The Morgan fingerprint density at radius 1 is 1.13 bits per heavy atom. The number of aromatic amines is 1. The van der Waals surface area contributed by atoms with E-state index in [1.165, 1.54) is 44.2 Å². The predicted molar refractivity (Wildman–Crippen MR) is 94.3 cm³/mol. The van der Waals surface area contributed by atoms with Crippen LogP contribution in [0.3, 0.4) is 0 Å². The van der Waals surface area contributed by atoms with Crippen LogP contribution in [0.4, 0.5) is 0 Å². The normalized spacial score (nSPS) is 16.3. The molecule has 3 rings (SSSR count). The summed E-state index contributed by atoms with van der Waals surface area (Å²) in [5.41, 5.74) is 2.19. The molecular weight excluding hydrogens is 286 g/mol. The van der Waals surface area contributed by atoms with Crippen LogP contribution in [-0.2, 0) is 11.3 Å². The second kappa shape index (κ2) is 8.16. The van der Waals surface area contributed by atoms with Crippen LogP contribution in [0.2, 0.25) is 0 Å². The molecule has 1 aromatic carbocycles. The molecule has 0 unspecified atom stereocenters. The van der Waals surface area contributed by atoms with Crippen molar-refractivity contribution in [2.24, 2.45) is 0 Å². The maximum absolute atomic E-state index is 12.0. The van der Waals surface area contributed by atoms with Crippen molar-refractivity contribution in [1.82, 2.24) is 15.2 Å².